The normalized spacial score (nSPS) is 14.2. The van der Waals surface area contributed by atoms with Crippen molar-refractivity contribution in [3.05, 3.63) is 34.3 Å². The van der Waals surface area contributed by atoms with Crippen LogP contribution in [-0.4, -0.2) is 19.1 Å². The van der Waals surface area contributed by atoms with Gasteiger partial charge in [-0.05, 0) is 17.7 Å². The van der Waals surface area contributed by atoms with E-state index in [-0.39, 0.29) is 6.42 Å². The number of carbonyl (C=O) groups excluding carboxylic acids is 1. The summed E-state index contributed by atoms with van der Waals surface area (Å²) in [5, 5.41) is 0. The molecule has 2 unspecified atom stereocenters. The van der Waals surface area contributed by atoms with Crippen LogP contribution in [0.4, 0.5) is 4.39 Å². The van der Waals surface area contributed by atoms with Gasteiger partial charge in [-0.2, -0.15) is 0 Å². The SMILES string of the molecule is COC(=O)C(N)CC(F)c1ccc(Br)cc1. The molecule has 0 saturated carbocycles. The zero-order chi connectivity index (χ0) is 12.1. The lowest BCUT2D eigenvalue weighted by atomic mass is 10.0. The third-order valence-corrected chi connectivity index (χ3v) is 2.73. The van der Waals surface area contributed by atoms with Gasteiger partial charge in [0.15, 0.2) is 0 Å². The van der Waals surface area contributed by atoms with Crippen molar-refractivity contribution in [3.63, 3.8) is 0 Å². The Morgan fingerprint density at radius 3 is 2.56 bits per heavy atom. The smallest absolute Gasteiger partial charge is 0.322 e. The molecule has 2 atom stereocenters. The van der Waals surface area contributed by atoms with Crippen LogP contribution in [-0.2, 0) is 9.53 Å². The Labute approximate surface area is 102 Å². The average Bonchev–Trinajstić information content (AvgIpc) is 2.28. The maximum absolute atomic E-state index is 13.7. The van der Waals surface area contributed by atoms with Gasteiger partial charge in [0.05, 0.1) is 7.11 Å². The van der Waals surface area contributed by atoms with Crippen LogP contribution in [0.15, 0.2) is 28.7 Å². The van der Waals surface area contributed by atoms with Crippen molar-refractivity contribution >= 4 is 21.9 Å². The number of nitrogens with two attached hydrogens (primary N) is 1. The minimum Gasteiger partial charge on any atom is -0.468 e. The first-order valence-corrected chi connectivity index (χ1v) is 5.57. The molecule has 0 spiro atoms. The molecular weight excluding hydrogens is 277 g/mol. The van der Waals surface area contributed by atoms with E-state index >= 15 is 0 Å². The van der Waals surface area contributed by atoms with E-state index in [4.69, 9.17) is 5.73 Å². The number of carbonyl (C=O) groups is 1. The number of halogens is 2. The first-order chi connectivity index (χ1) is 7.54. The quantitative estimate of drug-likeness (QED) is 0.866. The Balaban J connectivity index is 2.61. The average molecular weight is 290 g/mol. The zero-order valence-corrected chi connectivity index (χ0v) is 10.4. The van der Waals surface area contributed by atoms with E-state index in [2.05, 4.69) is 20.7 Å². The number of hydrogen-bond donors (Lipinski definition) is 1. The summed E-state index contributed by atoms with van der Waals surface area (Å²) in [5.74, 6) is -0.597. The summed E-state index contributed by atoms with van der Waals surface area (Å²) >= 11 is 3.26. The maximum atomic E-state index is 13.7. The molecule has 1 aromatic carbocycles. The molecule has 2 N–H and O–H groups in total. The van der Waals surface area contributed by atoms with Gasteiger partial charge in [0, 0.05) is 10.9 Å². The molecular formula is C11H13BrFNO2. The highest BCUT2D eigenvalue weighted by Gasteiger charge is 2.20. The second kappa shape index (κ2) is 5.96. The van der Waals surface area contributed by atoms with E-state index in [9.17, 15) is 9.18 Å². The molecule has 0 aromatic heterocycles. The fraction of sp³-hybridized carbons (Fsp3) is 0.364. The molecule has 0 saturated heterocycles. The lowest BCUT2D eigenvalue weighted by molar-refractivity contribution is -0.142. The molecule has 0 amide bonds. The molecule has 3 nitrogen and oxygen atoms in total. The van der Waals surface area contributed by atoms with E-state index < -0.39 is 18.2 Å². The fourth-order valence-corrected chi connectivity index (χ4v) is 1.54. The van der Waals surface area contributed by atoms with Crippen LogP contribution in [0.5, 0.6) is 0 Å². The van der Waals surface area contributed by atoms with Crippen molar-refractivity contribution in [2.24, 2.45) is 5.73 Å². The second-order valence-electron chi connectivity index (χ2n) is 3.38. The molecule has 0 radical (unpaired) electrons. The second-order valence-corrected chi connectivity index (χ2v) is 4.30. The summed E-state index contributed by atoms with van der Waals surface area (Å²) in [6.45, 7) is 0. The number of hydrogen-bond acceptors (Lipinski definition) is 3. The number of methoxy groups -OCH3 is 1. The number of esters is 1. The molecule has 5 heteroatoms. The molecule has 0 heterocycles. The topological polar surface area (TPSA) is 52.3 Å². The molecule has 0 fully saturated rings. The summed E-state index contributed by atoms with van der Waals surface area (Å²) in [4.78, 5) is 11.0. The zero-order valence-electron chi connectivity index (χ0n) is 8.82. The van der Waals surface area contributed by atoms with Gasteiger partial charge in [-0.15, -0.1) is 0 Å². The van der Waals surface area contributed by atoms with Crippen LogP contribution in [0.2, 0.25) is 0 Å². The van der Waals surface area contributed by atoms with E-state index in [1.807, 2.05) is 0 Å². The third kappa shape index (κ3) is 3.57. The lowest BCUT2D eigenvalue weighted by Gasteiger charge is -2.13. The Morgan fingerprint density at radius 2 is 2.06 bits per heavy atom. The van der Waals surface area contributed by atoms with Crippen LogP contribution in [0.1, 0.15) is 18.2 Å². The van der Waals surface area contributed by atoms with Crippen LogP contribution >= 0.6 is 15.9 Å². The number of rotatable bonds is 4. The molecule has 0 aliphatic rings. The Bertz CT molecular complexity index is 356. The summed E-state index contributed by atoms with van der Waals surface area (Å²) in [5.41, 5.74) is 5.97. The lowest BCUT2D eigenvalue weighted by Crippen LogP contribution is -2.32. The molecule has 1 aromatic rings. The summed E-state index contributed by atoms with van der Waals surface area (Å²) in [6.07, 6.45) is -1.34. The van der Waals surface area contributed by atoms with Crippen molar-refractivity contribution in [1.82, 2.24) is 0 Å². The Hall–Kier alpha value is -0.940. The molecule has 0 bridgehead atoms. The van der Waals surface area contributed by atoms with E-state index in [1.165, 1.54) is 7.11 Å². The Morgan fingerprint density at radius 1 is 1.50 bits per heavy atom. The summed E-state index contributed by atoms with van der Waals surface area (Å²) in [7, 11) is 1.23. The monoisotopic (exact) mass is 289 g/mol. The first kappa shape index (κ1) is 13.1. The highest BCUT2D eigenvalue weighted by molar-refractivity contribution is 9.10. The third-order valence-electron chi connectivity index (χ3n) is 2.20. The van der Waals surface area contributed by atoms with Crippen molar-refractivity contribution in [2.75, 3.05) is 7.11 Å². The molecule has 16 heavy (non-hydrogen) atoms. The summed E-state index contributed by atoms with van der Waals surface area (Å²) in [6, 6.07) is 5.86. The van der Waals surface area contributed by atoms with Crippen molar-refractivity contribution in [1.29, 1.82) is 0 Å². The Kier molecular flexibility index (Phi) is 4.89. The van der Waals surface area contributed by atoms with E-state index in [1.54, 1.807) is 24.3 Å². The van der Waals surface area contributed by atoms with Crippen LogP contribution in [0, 0.1) is 0 Å². The predicted octanol–water partition coefficient (Wildman–Crippen LogP) is 2.35. The number of ether oxygens (including phenoxy) is 1. The maximum Gasteiger partial charge on any atom is 0.322 e. The molecule has 1 rings (SSSR count). The van der Waals surface area contributed by atoms with Crippen LogP contribution in [0.3, 0.4) is 0 Å². The van der Waals surface area contributed by atoms with Crippen LogP contribution < -0.4 is 5.73 Å². The van der Waals surface area contributed by atoms with Gasteiger partial charge in [0.25, 0.3) is 0 Å². The first-order valence-electron chi connectivity index (χ1n) is 4.77. The molecule has 0 aliphatic heterocycles. The number of benzene rings is 1. The predicted molar refractivity (Wildman–Crippen MR) is 62.6 cm³/mol. The van der Waals surface area contributed by atoms with Gasteiger partial charge in [-0.1, -0.05) is 28.1 Å². The van der Waals surface area contributed by atoms with Gasteiger partial charge in [0.2, 0.25) is 0 Å². The van der Waals surface area contributed by atoms with Gasteiger partial charge < -0.3 is 10.5 Å². The van der Waals surface area contributed by atoms with Crippen LogP contribution in [0.25, 0.3) is 0 Å². The van der Waals surface area contributed by atoms with Gasteiger partial charge in [0.1, 0.15) is 12.2 Å². The van der Waals surface area contributed by atoms with Gasteiger partial charge >= 0.3 is 5.97 Å². The van der Waals surface area contributed by atoms with Gasteiger partial charge in [-0.3, -0.25) is 4.79 Å². The van der Waals surface area contributed by atoms with Crippen molar-refractivity contribution in [3.8, 4) is 0 Å². The number of alkyl halides is 1. The standard InChI is InChI=1S/C11H13BrFNO2/c1-16-11(15)10(14)6-9(13)7-2-4-8(12)5-3-7/h2-5,9-10H,6,14H2,1H3. The van der Waals surface area contributed by atoms with Crippen molar-refractivity contribution < 1.29 is 13.9 Å². The highest BCUT2D eigenvalue weighted by Crippen LogP contribution is 2.24. The van der Waals surface area contributed by atoms with E-state index in [0.29, 0.717) is 5.56 Å². The largest absolute Gasteiger partial charge is 0.468 e. The minimum absolute atomic E-state index is 0.0751. The fourth-order valence-electron chi connectivity index (χ4n) is 1.28. The highest BCUT2D eigenvalue weighted by atomic mass is 79.9. The molecule has 88 valence electrons. The minimum atomic E-state index is -1.26. The van der Waals surface area contributed by atoms with Crippen molar-refractivity contribution in [2.45, 2.75) is 18.6 Å². The summed E-state index contributed by atoms with van der Waals surface area (Å²) < 4.78 is 19.0. The molecule has 0 aliphatic carbocycles. The van der Waals surface area contributed by atoms with E-state index in [0.717, 1.165) is 4.47 Å². The van der Waals surface area contributed by atoms with Gasteiger partial charge in [-0.25, -0.2) is 4.39 Å².